The topological polar surface area (TPSA) is 83.6 Å². The summed E-state index contributed by atoms with van der Waals surface area (Å²) < 4.78 is 29.7. The SMILES string of the molecule is C1=Cc2ccccc2[N-]c2ccccc21.C1=Cc2ccccc2[N-]c2ccccc21.C1CCOC1.C1CCOC1.C1CCOC1.C1CCOC1.C1CCOC1.C1CCOC1.[Li+].[Li+]. The van der Waals surface area contributed by atoms with Gasteiger partial charge in [-0.3, -0.25) is 0 Å². The Kier molecular flexibility index (Phi) is 30.3. The standard InChI is InChI=1S/2C14H10N.6C4H8O.2Li/c2*1-3-7-13-11(5-1)9-10-12-6-2-4-8-14(12)15-13;6*1-2-4-5-3-1;;/h2*1-10H;6*1-4H2;;/q2*-1;;;;;;;2*+1. The molecule has 0 saturated carbocycles. The molecule has 0 spiro atoms. The summed E-state index contributed by atoms with van der Waals surface area (Å²) in [5.41, 5.74) is 8.86. The fourth-order valence-electron chi connectivity index (χ4n) is 6.60. The van der Waals surface area contributed by atoms with Crippen molar-refractivity contribution in [1.82, 2.24) is 0 Å². The van der Waals surface area contributed by atoms with E-state index in [0.29, 0.717) is 0 Å². The van der Waals surface area contributed by atoms with Crippen LogP contribution in [0.2, 0.25) is 0 Å². The Morgan fingerprint density at radius 2 is 0.403 bits per heavy atom. The molecule has 4 aromatic rings. The van der Waals surface area contributed by atoms with Crippen molar-refractivity contribution in [1.29, 1.82) is 0 Å². The summed E-state index contributed by atoms with van der Waals surface area (Å²) in [5.74, 6) is 0. The van der Waals surface area contributed by atoms with Gasteiger partial charge < -0.3 is 39.1 Å². The summed E-state index contributed by atoms with van der Waals surface area (Å²) in [6, 6.07) is 32.7. The second kappa shape index (κ2) is 35.3. The third kappa shape index (κ3) is 22.5. The van der Waals surface area contributed by atoms with Crippen molar-refractivity contribution in [2.24, 2.45) is 0 Å². The van der Waals surface area contributed by atoms with Gasteiger partial charge in [0.15, 0.2) is 0 Å². The number of benzene rings is 4. The van der Waals surface area contributed by atoms with Crippen LogP contribution in [0.3, 0.4) is 0 Å². The van der Waals surface area contributed by atoms with Gasteiger partial charge in [-0.05, 0) is 99.3 Å². The van der Waals surface area contributed by atoms with Gasteiger partial charge in [0.2, 0.25) is 0 Å². The number of rotatable bonds is 0. The smallest absolute Gasteiger partial charge is 0.657 e. The molecule has 6 saturated heterocycles. The Hall–Kier alpha value is -3.09. The van der Waals surface area contributed by atoms with Gasteiger partial charge in [-0.15, -0.1) is 22.7 Å². The van der Waals surface area contributed by atoms with E-state index in [-0.39, 0.29) is 37.7 Å². The number of hydrogen-bond donors (Lipinski definition) is 0. The Balaban J connectivity index is 0.000000200. The summed E-state index contributed by atoms with van der Waals surface area (Å²) >= 11 is 0. The van der Waals surface area contributed by atoms with Gasteiger partial charge in [0.25, 0.3) is 0 Å². The molecule has 324 valence electrons. The van der Waals surface area contributed by atoms with Crippen LogP contribution in [0.25, 0.3) is 34.9 Å². The molecule has 0 radical (unpaired) electrons. The van der Waals surface area contributed by atoms with Crippen molar-refractivity contribution in [2.75, 3.05) is 79.3 Å². The first kappa shape index (κ1) is 53.3. The molecule has 0 N–H and O–H groups in total. The average molecular weight is 831 g/mol. The Morgan fingerprint density at radius 1 is 0.242 bits per heavy atom. The van der Waals surface area contributed by atoms with Crippen LogP contribution in [0.15, 0.2) is 97.1 Å². The molecular weight excluding hydrogens is 762 g/mol. The molecule has 0 atom stereocenters. The molecule has 12 rings (SSSR count). The molecule has 0 bridgehead atoms. The van der Waals surface area contributed by atoms with Crippen molar-refractivity contribution in [3.63, 3.8) is 0 Å². The summed E-state index contributed by atoms with van der Waals surface area (Å²) in [5, 5.41) is 9.28. The molecular formula is C52H68Li2N2O6. The largest absolute Gasteiger partial charge is 1.00 e. The molecule has 6 fully saturated rings. The number of para-hydroxylation sites is 4. The third-order valence-electron chi connectivity index (χ3n) is 10.1. The molecule has 8 heterocycles. The van der Waals surface area contributed by atoms with Crippen LogP contribution in [0.5, 0.6) is 0 Å². The van der Waals surface area contributed by atoms with E-state index in [2.05, 4.69) is 59.2 Å². The van der Waals surface area contributed by atoms with Gasteiger partial charge in [-0.2, -0.15) is 0 Å². The van der Waals surface area contributed by atoms with Crippen molar-refractivity contribution < 1.29 is 66.1 Å². The summed E-state index contributed by atoms with van der Waals surface area (Å²) in [4.78, 5) is 0. The first-order chi connectivity index (χ1) is 29.9. The van der Waals surface area contributed by atoms with Crippen molar-refractivity contribution in [3.8, 4) is 0 Å². The maximum atomic E-state index is 4.94. The third-order valence-corrected chi connectivity index (χ3v) is 10.1. The number of nitrogens with zero attached hydrogens (tertiary/aromatic N) is 2. The fraction of sp³-hybridized carbons (Fsp3) is 0.462. The molecule has 0 aliphatic carbocycles. The zero-order chi connectivity index (χ0) is 41.4. The molecule has 8 aliphatic heterocycles. The summed E-state index contributed by atoms with van der Waals surface area (Å²) in [7, 11) is 0. The van der Waals surface area contributed by atoms with Gasteiger partial charge >= 0.3 is 37.7 Å². The zero-order valence-corrected chi connectivity index (χ0v) is 37.9. The maximum Gasteiger partial charge on any atom is 1.00 e. The van der Waals surface area contributed by atoms with Crippen LogP contribution in [-0.4, -0.2) is 79.3 Å². The van der Waals surface area contributed by atoms with E-state index < -0.39 is 0 Å². The van der Waals surface area contributed by atoms with Crippen molar-refractivity contribution >= 4 is 47.1 Å². The van der Waals surface area contributed by atoms with E-state index in [4.69, 9.17) is 28.4 Å². The molecule has 0 unspecified atom stereocenters. The second-order valence-corrected chi connectivity index (χ2v) is 15.0. The van der Waals surface area contributed by atoms with Gasteiger partial charge in [-0.25, -0.2) is 0 Å². The van der Waals surface area contributed by atoms with E-state index in [0.717, 1.165) is 102 Å². The van der Waals surface area contributed by atoms with Crippen LogP contribution in [-0.2, 0) is 28.4 Å². The average Bonchev–Trinajstić information content (AvgIpc) is 4.14. The normalized spacial score (nSPS) is 17.5. The zero-order valence-electron chi connectivity index (χ0n) is 37.9. The quantitative estimate of drug-likeness (QED) is 0.146. The van der Waals surface area contributed by atoms with Crippen LogP contribution < -0.4 is 37.7 Å². The monoisotopic (exact) mass is 831 g/mol. The van der Waals surface area contributed by atoms with Crippen LogP contribution in [0, 0.1) is 0 Å². The van der Waals surface area contributed by atoms with E-state index in [1.54, 1.807) is 0 Å². The molecule has 4 aromatic carbocycles. The molecule has 10 heteroatoms. The predicted octanol–water partition coefficient (Wildman–Crippen LogP) is 7.80. The number of fused-ring (bicyclic) bond motifs is 4. The van der Waals surface area contributed by atoms with Gasteiger partial charge in [-0.1, -0.05) is 121 Å². The Morgan fingerprint density at radius 3 is 0.548 bits per heavy atom. The fourth-order valence-corrected chi connectivity index (χ4v) is 6.60. The Bertz CT molecular complexity index is 1450. The van der Waals surface area contributed by atoms with E-state index in [9.17, 15) is 0 Å². The minimum atomic E-state index is 0. The summed E-state index contributed by atoms with van der Waals surface area (Å²) in [6.07, 6.45) is 23.8. The molecule has 62 heavy (non-hydrogen) atoms. The first-order valence-corrected chi connectivity index (χ1v) is 22.5. The van der Waals surface area contributed by atoms with Crippen molar-refractivity contribution in [2.45, 2.75) is 77.0 Å². The molecule has 0 aromatic heterocycles. The minimum absolute atomic E-state index is 0. The van der Waals surface area contributed by atoms with E-state index in [1.165, 1.54) is 99.3 Å². The van der Waals surface area contributed by atoms with Gasteiger partial charge in [0, 0.05) is 79.3 Å². The predicted molar refractivity (Wildman–Crippen MR) is 249 cm³/mol. The van der Waals surface area contributed by atoms with Crippen molar-refractivity contribution in [3.05, 3.63) is 130 Å². The minimum Gasteiger partial charge on any atom is -0.657 e. The molecule has 8 aliphatic rings. The van der Waals surface area contributed by atoms with Crippen LogP contribution in [0.4, 0.5) is 22.7 Å². The van der Waals surface area contributed by atoms with Crippen LogP contribution in [0.1, 0.15) is 99.3 Å². The second-order valence-electron chi connectivity index (χ2n) is 15.0. The Labute approximate surface area is 397 Å². The van der Waals surface area contributed by atoms with E-state index in [1.807, 2.05) is 72.8 Å². The number of hydrogen-bond acceptors (Lipinski definition) is 6. The maximum absolute atomic E-state index is 4.94. The van der Waals surface area contributed by atoms with Crippen LogP contribution >= 0.6 is 0 Å². The van der Waals surface area contributed by atoms with E-state index >= 15 is 0 Å². The number of ether oxygens (including phenoxy) is 6. The first-order valence-electron chi connectivity index (χ1n) is 22.5. The van der Waals surface area contributed by atoms with Gasteiger partial charge in [0.1, 0.15) is 0 Å². The molecule has 0 amide bonds. The van der Waals surface area contributed by atoms with Gasteiger partial charge in [0.05, 0.1) is 0 Å². The summed E-state index contributed by atoms with van der Waals surface area (Å²) in [6.45, 7) is 12.0. The molecule has 8 nitrogen and oxygen atoms in total.